The molecule has 0 aromatic heterocycles. The van der Waals surface area contributed by atoms with Gasteiger partial charge in [-0.1, -0.05) is 57.0 Å². The van der Waals surface area contributed by atoms with Crippen LogP contribution in [0.1, 0.15) is 71.0 Å². The molecule has 8 heteroatoms. The van der Waals surface area contributed by atoms with Gasteiger partial charge in [-0.3, -0.25) is 9.59 Å². The minimum Gasteiger partial charge on any atom is -0.444 e. The standard InChI is InChI=1S/C26H41N3O5/c1-7-10-11-16-27-23(31)22(20-14-12-19(9-3)13-15-20)29(17-8-2)24(32)21(18-30)28-25(33)34-26(4,5)6/h8,12-15,21-22,30H,2,7,9-11,16-18H2,1,3-6H3,(H,27,31)(H,28,33). The van der Waals surface area contributed by atoms with Gasteiger partial charge < -0.3 is 25.4 Å². The van der Waals surface area contributed by atoms with Gasteiger partial charge in [0.1, 0.15) is 17.7 Å². The lowest BCUT2D eigenvalue weighted by atomic mass is 10.0. The van der Waals surface area contributed by atoms with Gasteiger partial charge in [-0.05, 0) is 44.7 Å². The van der Waals surface area contributed by atoms with Gasteiger partial charge >= 0.3 is 6.09 Å². The number of benzene rings is 1. The molecule has 190 valence electrons. The van der Waals surface area contributed by atoms with E-state index in [-0.39, 0.29) is 12.5 Å². The maximum absolute atomic E-state index is 13.5. The Kier molecular flexibility index (Phi) is 12.4. The number of aliphatic hydroxyl groups excluding tert-OH is 1. The number of hydrogen-bond acceptors (Lipinski definition) is 5. The summed E-state index contributed by atoms with van der Waals surface area (Å²) in [7, 11) is 0. The maximum Gasteiger partial charge on any atom is 0.408 e. The van der Waals surface area contributed by atoms with Crippen LogP contribution in [0, 0.1) is 0 Å². The van der Waals surface area contributed by atoms with Crippen LogP contribution in [-0.2, 0) is 20.7 Å². The van der Waals surface area contributed by atoms with Crippen LogP contribution >= 0.6 is 0 Å². The Morgan fingerprint density at radius 2 is 1.79 bits per heavy atom. The number of carbonyl (C=O) groups is 3. The fourth-order valence-electron chi connectivity index (χ4n) is 3.39. The number of rotatable bonds is 13. The fraction of sp³-hybridized carbons (Fsp3) is 0.577. The van der Waals surface area contributed by atoms with Gasteiger partial charge in [-0.25, -0.2) is 4.79 Å². The monoisotopic (exact) mass is 475 g/mol. The first-order valence-corrected chi connectivity index (χ1v) is 12.0. The summed E-state index contributed by atoms with van der Waals surface area (Å²) in [5.41, 5.74) is 0.970. The molecular weight excluding hydrogens is 434 g/mol. The molecule has 0 aliphatic heterocycles. The number of aryl methyl sites for hydroxylation is 1. The van der Waals surface area contributed by atoms with E-state index in [0.29, 0.717) is 12.1 Å². The first-order chi connectivity index (χ1) is 16.1. The van der Waals surface area contributed by atoms with Crippen LogP contribution < -0.4 is 10.6 Å². The van der Waals surface area contributed by atoms with Crippen molar-refractivity contribution in [3.8, 4) is 0 Å². The SMILES string of the molecule is C=CCN(C(=O)C(CO)NC(=O)OC(C)(C)C)C(C(=O)NCCCCC)c1ccc(CC)cc1. The van der Waals surface area contributed by atoms with Crippen molar-refractivity contribution < 1.29 is 24.2 Å². The van der Waals surface area contributed by atoms with Gasteiger partial charge in [0, 0.05) is 13.1 Å². The molecule has 0 saturated carbocycles. The second-order valence-corrected chi connectivity index (χ2v) is 9.16. The average Bonchev–Trinajstić information content (AvgIpc) is 2.78. The van der Waals surface area contributed by atoms with Gasteiger partial charge in [0.2, 0.25) is 11.8 Å². The fourth-order valence-corrected chi connectivity index (χ4v) is 3.39. The summed E-state index contributed by atoms with van der Waals surface area (Å²) in [6.07, 6.45) is 4.36. The lowest BCUT2D eigenvalue weighted by Gasteiger charge is -2.33. The molecule has 0 aliphatic rings. The Bertz CT molecular complexity index is 802. The van der Waals surface area contributed by atoms with Crippen molar-refractivity contribution in [3.05, 3.63) is 48.0 Å². The van der Waals surface area contributed by atoms with E-state index in [4.69, 9.17) is 4.74 Å². The van der Waals surface area contributed by atoms with Crippen molar-refractivity contribution in [2.24, 2.45) is 0 Å². The highest BCUT2D eigenvalue weighted by Crippen LogP contribution is 2.23. The third kappa shape index (κ3) is 9.55. The van der Waals surface area contributed by atoms with Crippen LogP contribution in [0.25, 0.3) is 0 Å². The minimum atomic E-state index is -1.28. The molecule has 0 saturated heterocycles. The number of alkyl carbamates (subject to hydrolysis) is 1. The predicted molar refractivity (Wildman–Crippen MR) is 133 cm³/mol. The zero-order valence-corrected chi connectivity index (χ0v) is 21.2. The molecule has 3 N–H and O–H groups in total. The van der Waals surface area contributed by atoms with Crippen molar-refractivity contribution in [2.75, 3.05) is 19.7 Å². The third-order valence-electron chi connectivity index (χ3n) is 5.12. The first-order valence-electron chi connectivity index (χ1n) is 12.0. The maximum atomic E-state index is 13.5. The molecule has 8 nitrogen and oxygen atoms in total. The molecule has 34 heavy (non-hydrogen) atoms. The number of aliphatic hydroxyl groups is 1. The van der Waals surface area contributed by atoms with E-state index in [9.17, 15) is 19.5 Å². The molecule has 1 aromatic rings. The normalized spacial score (nSPS) is 12.9. The Labute approximate surface area is 203 Å². The van der Waals surface area contributed by atoms with E-state index < -0.39 is 36.3 Å². The second kappa shape index (κ2) is 14.4. The molecule has 0 fully saturated rings. The first kappa shape index (κ1) is 29.2. The molecule has 2 atom stereocenters. The molecule has 0 aliphatic carbocycles. The van der Waals surface area contributed by atoms with Gasteiger partial charge in [-0.15, -0.1) is 6.58 Å². The Morgan fingerprint density at radius 1 is 1.15 bits per heavy atom. The number of amides is 3. The predicted octanol–water partition coefficient (Wildman–Crippen LogP) is 3.50. The summed E-state index contributed by atoms with van der Waals surface area (Å²) in [4.78, 5) is 40.3. The number of nitrogens with one attached hydrogen (secondary N) is 2. The van der Waals surface area contributed by atoms with Crippen LogP contribution in [0.5, 0.6) is 0 Å². The number of nitrogens with zero attached hydrogens (tertiary/aromatic N) is 1. The highest BCUT2D eigenvalue weighted by atomic mass is 16.6. The van der Waals surface area contributed by atoms with Crippen LogP contribution in [0.4, 0.5) is 4.79 Å². The molecule has 0 spiro atoms. The summed E-state index contributed by atoms with van der Waals surface area (Å²) >= 11 is 0. The molecule has 0 heterocycles. The van der Waals surface area contributed by atoms with E-state index in [2.05, 4.69) is 24.1 Å². The quantitative estimate of drug-likeness (QED) is 0.299. The number of unbranched alkanes of at least 4 members (excludes halogenated alkanes) is 2. The minimum absolute atomic E-state index is 0.0495. The Balaban J connectivity index is 3.26. The van der Waals surface area contributed by atoms with E-state index in [1.54, 1.807) is 20.8 Å². The molecule has 2 unspecified atom stereocenters. The zero-order valence-electron chi connectivity index (χ0n) is 21.2. The summed E-state index contributed by atoms with van der Waals surface area (Å²) in [5.74, 6) is -0.939. The number of hydrogen-bond donors (Lipinski definition) is 3. The van der Waals surface area contributed by atoms with Crippen molar-refractivity contribution >= 4 is 17.9 Å². The van der Waals surface area contributed by atoms with Gasteiger partial charge in [0.25, 0.3) is 0 Å². The lowest BCUT2D eigenvalue weighted by molar-refractivity contribution is -0.142. The summed E-state index contributed by atoms with van der Waals surface area (Å²) in [6.45, 7) is 12.8. The molecule has 3 amide bonds. The molecule has 1 rings (SSSR count). The van der Waals surface area contributed by atoms with Crippen molar-refractivity contribution in [1.82, 2.24) is 15.5 Å². The highest BCUT2D eigenvalue weighted by molar-refractivity contribution is 5.92. The van der Waals surface area contributed by atoms with E-state index in [1.165, 1.54) is 11.0 Å². The van der Waals surface area contributed by atoms with Gasteiger partial charge in [-0.2, -0.15) is 0 Å². The summed E-state index contributed by atoms with van der Waals surface area (Å²) in [5, 5.41) is 15.2. The highest BCUT2D eigenvalue weighted by Gasteiger charge is 2.35. The topological polar surface area (TPSA) is 108 Å². The Morgan fingerprint density at radius 3 is 2.29 bits per heavy atom. The summed E-state index contributed by atoms with van der Waals surface area (Å²) < 4.78 is 5.22. The average molecular weight is 476 g/mol. The van der Waals surface area contributed by atoms with E-state index in [0.717, 1.165) is 31.2 Å². The van der Waals surface area contributed by atoms with Crippen molar-refractivity contribution in [1.29, 1.82) is 0 Å². The lowest BCUT2D eigenvalue weighted by Crippen LogP contribution is -2.54. The third-order valence-corrected chi connectivity index (χ3v) is 5.12. The Hall–Kier alpha value is -2.87. The molecular formula is C26H41N3O5. The van der Waals surface area contributed by atoms with Gasteiger partial charge in [0.05, 0.1) is 6.61 Å². The summed E-state index contributed by atoms with van der Waals surface area (Å²) in [6, 6.07) is 5.27. The smallest absolute Gasteiger partial charge is 0.408 e. The van der Waals surface area contributed by atoms with Crippen LogP contribution in [0.15, 0.2) is 36.9 Å². The second-order valence-electron chi connectivity index (χ2n) is 9.16. The van der Waals surface area contributed by atoms with E-state index in [1.807, 2.05) is 31.2 Å². The zero-order chi connectivity index (χ0) is 25.7. The van der Waals surface area contributed by atoms with Crippen molar-refractivity contribution in [2.45, 2.75) is 78.0 Å². The number of ether oxygens (including phenoxy) is 1. The molecule has 1 aromatic carbocycles. The van der Waals surface area contributed by atoms with Crippen LogP contribution in [0.3, 0.4) is 0 Å². The van der Waals surface area contributed by atoms with E-state index >= 15 is 0 Å². The molecule has 0 radical (unpaired) electrons. The number of carbonyl (C=O) groups excluding carboxylic acids is 3. The largest absolute Gasteiger partial charge is 0.444 e. The van der Waals surface area contributed by atoms with Gasteiger partial charge in [0.15, 0.2) is 0 Å². The van der Waals surface area contributed by atoms with Crippen molar-refractivity contribution in [3.63, 3.8) is 0 Å². The molecule has 0 bridgehead atoms. The van der Waals surface area contributed by atoms with Crippen LogP contribution in [0.2, 0.25) is 0 Å². The van der Waals surface area contributed by atoms with Crippen LogP contribution in [-0.4, -0.2) is 59.3 Å².